The average molecular weight is 469 g/mol. The maximum absolute atomic E-state index is 6.11. The Morgan fingerprint density at radius 3 is 2.62 bits per heavy atom. The van der Waals surface area contributed by atoms with E-state index in [1.807, 2.05) is 6.07 Å². The minimum atomic E-state index is 0. The number of likely N-dealkylation sites (N-methyl/N-ethyl adjacent to an activating group) is 1. The Labute approximate surface area is 165 Å². The highest BCUT2D eigenvalue weighted by molar-refractivity contribution is 14.0. The van der Waals surface area contributed by atoms with Crippen LogP contribution in [0.5, 0.6) is 5.75 Å². The van der Waals surface area contributed by atoms with Gasteiger partial charge in [-0.3, -0.25) is 4.99 Å². The third kappa shape index (κ3) is 5.37. The van der Waals surface area contributed by atoms with Gasteiger partial charge in [-0.15, -0.1) is 24.0 Å². The van der Waals surface area contributed by atoms with Crippen LogP contribution >= 0.6 is 35.6 Å². The molecule has 0 atom stereocenters. The van der Waals surface area contributed by atoms with Crippen molar-refractivity contribution < 1.29 is 9.47 Å². The Hall–Kier alpha value is -0.770. The zero-order valence-corrected chi connectivity index (χ0v) is 17.4. The van der Waals surface area contributed by atoms with Gasteiger partial charge in [0.2, 0.25) is 0 Å². The van der Waals surface area contributed by atoms with Crippen molar-refractivity contribution in [3.8, 4) is 5.75 Å². The summed E-state index contributed by atoms with van der Waals surface area (Å²) in [6.07, 6.45) is 1.90. The van der Waals surface area contributed by atoms with Gasteiger partial charge in [0.1, 0.15) is 5.75 Å². The minimum absolute atomic E-state index is 0. The second-order valence-corrected chi connectivity index (χ2v) is 6.31. The Balaban J connectivity index is 0.00000288. The van der Waals surface area contributed by atoms with Crippen LogP contribution in [0.3, 0.4) is 0 Å². The lowest BCUT2D eigenvalue weighted by molar-refractivity contribution is -0.00249. The summed E-state index contributed by atoms with van der Waals surface area (Å²) in [6, 6.07) is 5.40. The van der Waals surface area contributed by atoms with E-state index in [0.29, 0.717) is 23.3 Å². The zero-order valence-electron chi connectivity index (χ0n) is 14.3. The van der Waals surface area contributed by atoms with Gasteiger partial charge in [-0.25, -0.2) is 0 Å². The van der Waals surface area contributed by atoms with Gasteiger partial charge in [0, 0.05) is 24.4 Å². The minimum Gasteiger partial charge on any atom is -0.495 e. The van der Waals surface area contributed by atoms with Crippen LogP contribution < -0.4 is 15.8 Å². The number of hydrogen-bond donors (Lipinski definition) is 2. The summed E-state index contributed by atoms with van der Waals surface area (Å²) in [5.74, 6) is 1.00. The molecule has 1 aliphatic heterocycles. The summed E-state index contributed by atoms with van der Waals surface area (Å²) in [5, 5.41) is 3.60. The molecule has 1 aromatic carbocycles. The number of benzene rings is 1. The summed E-state index contributed by atoms with van der Waals surface area (Å²) in [5.41, 5.74) is 6.80. The number of methoxy groups -OCH3 is 1. The number of halogens is 2. The molecule has 0 aliphatic carbocycles. The van der Waals surface area contributed by atoms with Gasteiger partial charge >= 0.3 is 0 Å². The van der Waals surface area contributed by atoms with E-state index in [0.717, 1.165) is 31.7 Å². The Morgan fingerprint density at radius 2 is 2.08 bits per heavy atom. The topological polar surface area (TPSA) is 72.1 Å². The van der Waals surface area contributed by atoms with Crippen molar-refractivity contribution >= 4 is 47.2 Å². The Morgan fingerprint density at radius 1 is 1.42 bits per heavy atom. The molecular formula is C16H26ClIN4O2. The van der Waals surface area contributed by atoms with Crippen LogP contribution in [0, 0.1) is 0 Å². The quantitative estimate of drug-likeness (QED) is 0.395. The molecule has 0 aromatic heterocycles. The largest absolute Gasteiger partial charge is 0.495 e. The van der Waals surface area contributed by atoms with Gasteiger partial charge in [0.05, 0.1) is 18.7 Å². The van der Waals surface area contributed by atoms with Gasteiger partial charge < -0.3 is 25.4 Å². The van der Waals surface area contributed by atoms with Crippen LogP contribution in [-0.4, -0.2) is 57.4 Å². The molecule has 136 valence electrons. The number of anilines is 1. The number of nitrogens with two attached hydrogens (primary N) is 1. The molecule has 0 bridgehead atoms. The summed E-state index contributed by atoms with van der Waals surface area (Å²) >= 11 is 6.11. The number of rotatable bonds is 5. The second-order valence-electron chi connectivity index (χ2n) is 5.91. The van der Waals surface area contributed by atoms with E-state index < -0.39 is 0 Å². The average Bonchev–Trinajstić information content (AvgIpc) is 2.54. The van der Waals surface area contributed by atoms with Crippen LogP contribution in [0.15, 0.2) is 23.2 Å². The standard InChI is InChI=1S/C16H25ClN4O2.HI/c1-21(2)16(6-8-23-9-7-16)11-19-15(18)20-12-4-5-14(22-3)13(17)10-12;/h4-5,10H,6-9,11H2,1-3H3,(H3,18,19,20);1H. The fraction of sp³-hybridized carbons (Fsp3) is 0.562. The molecule has 3 N–H and O–H groups in total. The summed E-state index contributed by atoms with van der Waals surface area (Å²) in [4.78, 5) is 6.74. The van der Waals surface area contributed by atoms with Crippen molar-refractivity contribution in [1.82, 2.24) is 4.90 Å². The van der Waals surface area contributed by atoms with E-state index in [1.165, 1.54) is 0 Å². The van der Waals surface area contributed by atoms with Crippen LogP contribution in [0.25, 0.3) is 0 Å². The lowest BCUT2D eigenvalue weighted by atomic mass is 9.89. The molecular weight excluding hydrogens is 443 g/mol. The van der Waals surface area contributed by atoms with Gasteiger partial charge in [-0.1, -0.05) is 11.6 Å². The second kappa shape index (κ2) is 9.65. The van der Waals surface area contributed by atoms with Crippen molar-refractivity contribution in [3.63, 3.8) is 0 Å². The molecule has 1 heterocycles. The number of aliphatic imine (C=N–C) groups is 1. The molecule has 24 heavy (non-hydrogen) atoms. The van der Waals surface area contributed by atoms with E-state index in [9.17, 15) is 0 Å². The fourth-order valence-corrected chi connectivity index (χ4v) is 2.92. The van der Waals surface area contributed by atoms with Crippen LogP contribution in [-0.2, 0) is 4.74 Å². The molecule has 1 aromatic rings. The Kier molecular flexibility index (Phi) is 8.55. The summed E-state index contributed by atoms with van der Waals surface area (Å²) in [7, 11) is 5.74. The molecule has 0 radical (unpaired) electrons. The first-order valence-corrected chi connectivity index (χ1v) is 8.00. The van der Waals surface area contributed by atoms with Crippen molar-refractivity contribution in [2.45, 2.75) is 18.4 Å². The molecule has 0 amide bonds. The predicted octanol–water partition coefficient (Wildman–Crippen LogP) is 2.80. The normalized spacial score (nSPS) is 17.3. The molecule has 6 nitrogen and oxygen atoms in total. The molecule has 1 saturated heterocycles. The van der Waals surface area contributed by atoms with E-state index in [4.69, 9.17) is 26.8 Å². The van der Waals surface area contributed by atoms with Crippen molar-refractivity contribution in [1.29, 1.82) is 0 Å². The first-order valence-electron chi connectivity index (χ1n) is 7.62. The van der Waals surface area contributed by atoms with Crippen LogP contribution in [0.1, 0.15) is 12.8 Å². The lowest BCUT2D eigenvalue weighted by Crippen LogP contribution is -2.51. The predicted molar refractivity (Wildman–Crippen MR) is 110 cm³/mol. The number of guanidine groups is 1. The molecule has 8 heteroatoms. The first-order chi connectivity index (χ1) is 11.0. The van der Waals surface area contributed by atoms with Crippen LogP contribution in [0.4, 0.5) is 5.69 Å². The van der Waals surface area contributed by atoms with Crippen molar-refractivity contribution in [2.24, 2.45) is 10.7 Å². The van der Waals surface area contributed by atoms with Crippen LogP contribution in [0.2, 0.25) is 5.02 Å². The van der Waals surface area contributed by atoms with Gasteiger partial charge in [0.25, 0.3) is 0 Å². The highest BCUT2D eigenvalue weighted by Crippen LogP contribution is 2.28. The molecule has 1 fully saturated rings. The van der Waals surface area contributed by atoms with E-state index in [2.05, 4.69) is 29.3 Å². The fourth-order valence-electron chi connectivity index (χ4n) is 2.66. The zero-order chi connectivity index (χ0) is 16.9. The Bertz CT molecular complexity index is 563. The molecule has 0 saturated carbocycles. The maximum atomic E-state index is 6.11. The first kappa shape index (κ1) is 21.3. The third-order valence-corrected chi connectivity index (χ3v) is 4.64. The van der Waals surface area contributed by atoms with E-state index in [-0.39, 0.29) is 29.5 Å². The summed E-state index contributed by atoms with van der Waals surface area (Å²) < 4.78 is 10.6. The molecule has 1 aliphatic rings. The van der Waals surface area contributed by atoms with E-state index >= 15 is 0 Å². The van der Waals surface area contributed by atoms with Gasteiger partial charge in [-0.2, -0.15) is 0 Å². The number of hydrogen-bond acceptors (Lipinski definition) is 4. The smallest absolute Gasteiger partial charge is 0.193 e. The number of ether oxygens (including phenoxy) is 2. The summed E-state index contributed by atoms with van der Waals surface area (Å²) in [6.45, 7) is 2.15. The number of nitrogens with one attached hydrogen (secondary N) is 1. The monoisotopic (exact) mass is 468 g/mol. The number of nitrogens with zero attached hydrogens (tertiary/aromatic N) is 2. The molecule has 0 unspecified atom stereocenters. The van der Waals surface area contributed by atoms with Crippen molar-refractivity contribution in [2.75, 3.05) is 46.3 Å². The van der Waals surface area contributed by atoms with Gasteiger partial charge in [0.15, 0.2) is 5.96 Å². The van der Waals surface area contributed by atoms with E-state index in [1.54, 1.807) is 19.2 Å². The highest BCUT2D eigenvalue weighted by Gasteiger charge is 2.34. The molecule has 0 spiro atoms. The highest BCUT2D eigenvalue weighted by atomic mass is 127. The molecule has 2 rings (SSSR count). The van der Waals surface area contributed by atoms with Crippen molar-refractivity contribution in [3.05, 3.63) is 23.2 Å². The SMILES string of the molecule is COc1ccc(NC(N)=NCC2(N(C)C)CCOCC2)cc1Cl.I. The maximum Gasteiger partial charge on any atom is 0.193 e. The third-order valence-electron chi connectivity index (χ3n) is 4.34. The lowest BCUT2D eigenvalue weighted by Gasteiger charge is -2.41. The van der Waals surface area contributed by atoms with Gasteiger partial charge in [-0.05, 0) is 45.1 Å².